The Bertz CT molecular complexity index is 1000. The smallest absolute Gasteiger partial charge is 0.278 e. The van der Waals surface area contributed by atoms with Gasteiger partial charge < -0.3 is 14.7 Å². The van der Waals surface area contributed by atoms with Crippen LogP contribution in [0.5, 0.6) is 0 Å². The van der Waals surface area contributed by atoms with Crippen LogP contribution in [0.2, 0.25) is 0 Å². The Morgan fingerprint density at radius 2 is 1.96 bits per heavy atom. The number of hydrogen-bond donors (Lipinski definition) is 0. The van der Waals surface area contributed by atoms with Gasteiger partial charge in [-0.15, -0.1) is 5.10 Å². The number of benzene rings is 1. The van der Waals surface area contributed by atoms with Crippen molar-refractivity contribution in [3.8, 4) is 0 Å². The summed E-state index contributed by atoms with van der Waals surface area (Å²) in [5.74, 6) is -0.643. The van der Waals surface area contributed by atoms with Crippen LogP contribution in [0.4, 0.5) is 0 Å². The van der Waals surface area contributed by atoms with E-state index < -0.39 is 11.6 Å². The molecule has 10 nitrogen and oxygen atoms in total. The van der Waals surface area contributed by atoms with Gasteiger partial charge in [-0.2, -0.15) is 0 Å². The van der Waals surface area contributed by atoms with Gasteiger partial charge in [-0.1, -0.05) is 17.3 Å². The molecule has 1 aromatic heterocycles. The number of carbonyl (C=O) groups excluding carboxylic acids is 3. The number of aromatic nitrogens is 3. The van der Waals surface area contributed by atoms with Crippen molar-refractivity contribution in [3.05, 3.63) is 34.6 Å². The molecule has 0 bridgehead atoms. The molecule has 4 rings (SSSR count). The van der Waals surface area contributed by atoms with Crippen LogP contribution in [0.1, 0.15) is 0 Å². The van der Waals surface area contributed by atoms with Crippen LogP contribution < -0.4 is 5.56 Å². The average Bonchev–Trinajstić information content (AvgIpc) is 2.68. The molecule has 3 amide bonds. The lowest BCUT2D eigenvalue weighted by Gasteiger charge is -2.45. The van der Waals surface area contributed by atoms with Crippen molar-refractivity contribution in [2.24, 2.45) is 0 Å². The van der Waals surface area contributed by atoms with Gasteiger partial charge in [-0.25, -0.2) is 4.68 Å². The van der Waals surface area contributed by atoms with Gasteiger partial charge in [0.15, 0.2) is 0 Å². The molecule has 3 heterocycles. The monoisotopic (exact) mass is 370 g/mol. The minimum absolute atomic E-state index is 0.0609. The summed E-state index contributed by atoms with van der Waals surface area (Å²) in [6, 6.07) is 6.11. The van der Waals surface area contributed by atoms with Crippen LogP contribution in [0.3, 0.4) is 0 Å². The van der Waals surface area contributed by atoms with Crippen molar-refractivity contribution < 1.29 is 14.4 Å². The van der Waals surface area contributed by atoms with Gasteiger partial charge in [0.2, 0.25) is 17.7 Å². The summed E-state index contributed by atoms with van der Waals surface area (Å²) in [7, 11) is 1.57. The van der Waals surface area contributed by atoms with Crippen LogP contribution in [0, 0.1) is 0 Å². The number of hydrogen-bond acceptors (Lipinski definition) is 6. The average molecular weight is 370 g/mol. The van der Waals surface area contributed by atoms with Crippen LogP contribution in [-0.2, 0) is 20.9 Å². The third kappa shape index (κ3) is 2.92. The Morgan fingerprint density at radius 3 is 2.78 bits per heavy atom. The van der Waals surface area contributed by atoms with Gasteiger partial charge in [-0.3, -0.25) is 19.2 Å². The Hall–Kier alpha value is -3.30. The van der Waals surface area contributed by atoms with E-state index >= 15 is 0 Å². The van der Waals surface area contributed by atoms with Crippen LogP contribution in [-0.4, -0.2) is 86.7 Å². The number of rotatable bonds is 2. The molecule has 2 aromatic rings. The topological polar surface area (TPSA) is 109 Å². The predicted octanol–water partition coefficient (Wildman–Crippen LogP) is -1.70. The summed E-state index contributed by atoms with van der Waals surface area (Å²) in [6.07, 6.45) is 0. The molecule has 2 aliphatic heterocycles. The molecular weight excluding hydrogens is 352 g/mol. The maximum atomic E-state index is 12.7. The van der Waals surface area contributed by atoms with E-state index in [9.17, 15) is 19.2 Å². The van der Waals surface area contributed by atoms with Gasteiger partial charge in [0.25, 0.3) is 5.56 Å². The second-order valence-corrected chi connectivity index (χ2v) is 6.71. The molecule has 0 N–H and O–H groups in total. The summed E-state index contributed by atoms with van der Waals surface area (Å²) < 4.78 is 1.02. The Balaban J connectivity index is 1.53. The van der Waals surface area contributed by atoms with E-state index in [1.54, 1.807) is 31.3 Å². The number of fused-ring (bicyclic) bond motifs is 2. The van der Waals surface area contributed by atoms with Crippen molar-refractivity contribution in [2.75, 3.05) is 33.2 Å². The van der Waals surface area contributed by atoms with Crippen LogP contribution in [0.25, 0.3) is 10.9 Å². The summed E-state index contributed by atoms with van der Waals surface area (Å²) in [5.41, 5.74) is 0.0744. The Kier molecular flexibility index (Phi) is 4.09. The molecule has 0 saturated carbocycles. The maximum absolute atomic E-state index is 12.7. The van der Waals surface area contributed by atoms with Crippen LogP contribution >= 0.6 is 0 Å². The highest BCUT2D eigenvalue weighted by Gasteiger charge is 2.42. The molecule has 2 aliphatic rings. The molecule has 0 spiro atoms. The van der Waals surface area contributed by atoms with E-state index in [2.05, 4.69) is 10.3 Å². The summed E-state index contributed by atoms with van der Waals surface area (Å²) in [5, 5.41) is 8.18. The minimum Gasteiger partial charge on any atom is -0.337 e. The largest absolute Gasteiger partial charge is 0.337 e. The van der Waals surface area contributed by atoms with Crippen molar-refractivity contribution in [1.29, 1.82) is 0 Å². The molecule has 1 unspecified atom stereocenters. The molecule has 27 heavy (non-hydrogen) atoms. The third-order valence-electron chi connectivity index (χ3n) is 5.00. The maximum Gasteiger partial charge on any atom is 0.278 e. The molecule has 2 fully saturated rings. The fourth-order valence-corrected chi connectivity index (χ4v) is 3.50. The lowest BCUT2D eigenvalue weighted by molar-refractivity contribution is -0.160. The van der Waals surface area contributed by atoms with E-state index in [0.29, 0.717) is 24.0 Å². The van der Waals surface area contributed by atoms with Gasteiger partial charge in [0.05, 0.1) is 18.5 Å². The molecule has 1 aromatic carbocycles. The SMILES string of the molecule is CN1CC(=O)N2CCN(C(=O)Cn3nnc4ccccc4c3=O)CC2C1=O. The van der Waals surface area contributed by atoms with Crippen molar-refractivity contribution >= 4 is 28.6 Å². The summed E-state index contributed by atoms with van der Waals surface area (Å²) in [4.78, 5) is 54.0. The minimum atomic E-state index is -0.673. The molecular formula is C17H18N6O4. The van der Waals surface area contributed by atoms with E-state index in [-0.39, 0.29) is 37.4 Å². The molecule has 2 saturated heterocycles. The quantitative estimate of drug-likeness (QED) is 0.624. The fourth-order valence-electron chi connectivity index (χ4n) is 3.50. The Labute approximate surface area is 153 Å². The van der Waals surface area contributed by atoms with Gasteiger partial charge in [0.1, 0.15) is 18.1 Å². The number of amides is 3. The number of carbonyl (C=O) groups is 3. The molecule has 140 valence electrons. The highest BCUT2D eigenvalue weighted by atomic mass is 16.2. The number of piperazine rings is 2. The second-order valence-electron chi connectivity index (χ2n) is 6.71. The van der Waals surface area contributed by atoms with E-state index in [1.807, 2.05) is 0 Å². The zero-order valence-electron chi connectivity index (χ0n) is 14.7. The van der Waals surface area contributed by atoms with Gasteiger partial charge >= 0.3 is 0 Å². The van der Waals surface area contributed by atoms with Crippen molar-refractivity contribution in [2.45, 2.75) is 12.6 Å². The second kappa shape index (κ2) is 6.45. The Morgan fingerprint density at radius 1 is 1.19 bits per heavy atom. The lowest BCUT2D eigenvalue weighted by Crippen LogP contribution is -2.66. The van der Waals surface area contributed by atoms with Crippen LogP contribution in [0.15, 0.2) is 29.1 Å². The molecule has 10 heteroatoms. The fraction of sp³-hybridized carbons (Fsp3) is 0.412. The lowest BCUT2D eigenvalue weighted by atomic mass is 10.1. The first kappa shape index (κ1) is 17.1. The summed E-state index contributed by atoms with van der Waals surface area (Å²) in [6.45, 7) is 0.525. The molecule has 1 atom stereocenters. The summed E-state index contributed by atoms with van der Waals surface area (Å²) >= 11 is 0. The highest BCUT2D eigenvalue weighted by Crippen LogP contribution is 2.17. The third-order valence-corrected chi connectivity index (χ3v) is 5.00. The van der Waals surface area contributed by atoms with Gasteiger partial charge in [0, 0.05) is 20.1 Å². The highest BCUT2D eigenvalue weighted by molar-refractivity contribution is 5.95. The number of likely N-dealkylation sites (N-methyl/N-ethyl adjacent to an activating group) is 1. The van der Waals surface area contributed by atoms with E-state index in [1.165, 1.54) is 14.7 Å². The first-order chi connectivity index (χ1) is 13.0. The van der Waals surface area contributed by atoms with Crippen molar-refractivity contribution in [1.82, 2.24) is 29.7 Å². The van der Waals surface area contributed by atoms with Crippen molar-refractivity contribution in [3.63, 3.8) is 0 Å². The first-order valence-electron chi connectivity index (χ1n) is 8.60. The molecule has 0 aliphatic carbocycles. The molecule has 0 radical (unpaired) electrons. The first-order valence-corrected chi connectivity index (χ1v) is 8.60. The van der Waals surface area contributed by atoms with E-state index in [0.717, 1.165) is 4.68 Å². The zero-order chi connectivity index (χ0) is 19.1. The standard InChI is InChI=1S/C17H18N6O4/c1-20-9-15(25)22-7-6-21(8-13(22)17(20)27)14(24)10-23-16(26)11-4-2-3-5-12(11)18-19-23/h2-5,13H,6-10H2,1H3. The zero-order valence-corrected chi connectivity index (χ0v) is 14.7. The van der Waals surface area contributed by atoms with Gasteiger partial charge in [-0.05, 0) is 12.1 Å². The normalized spacial score (nSPS) is 20.2. The predicted molar refractivity (Wildman–Crippen MR) is 93.5 cm³/mol. The van der Waals surface area contributed by atoms with E-state index in [4.69, 9.17) is 0 Å². The number of nitrogens with zero attached hydrogens (tertiary/aromatic N) is 6.